The molecular weight excluding hydrogens is 262 g/mol. The Balaban J connectivity index is 0.000000704. The second kappa shape index (κ2) is 7.21. The number of hydrogen-bond acceptors (Lipinski definition) is 2. The maximum absolute atomic E-state index is 4.29. The second-order valence-electron chi connectivity index (χ2n) is 5.55. The predicted octanol–water partition coefficient (Wildman–Crippen LogP) is 5.89. The van der Waals surface area contributed by atoms with Crippen molar-refractivity contribution in [2.45, 2.75) is 57.8 Å². The third kappa shape index (κ3) is 3.22. The van der Waals surface area contributed by atoms with E-state index in [4.69, 9.17) is 0 Å². The number of nitrogens with zero attached hydrogens (tertiary/aromatic N) is 1. The molecule has 1 fully saturated rings. The number of aryl methyl sites for hydroxylation is 1. The van der Waals surface area contributed by atoms with Crippen LogP contribution in [0, 0.1) is 12.8 Å². The van der Waals surface area contributed by atoms with E-state index in [1.54, 1.807) is 0 Å². The molecule has 0 aromatic heterocycles. The highest BCUT2D eigenvalue weighted by molar-refractivity contribution is 7.97. The zero-order valence-electron chi connectivity index (χ0n) is 13.1. The number of rotatable bonds is 2. The summed E-state index contributed by atoms with van der Waals surface area (Å²) >= 11 is 1.90. The summed E-state index contributed by atoms with van der Waals surface area (Å²) in [6.45, 7) is 11.7. The van der Waals surface area contributed by atoms with Crippen molar-refractivity contribution in [1.29, 1.82) is 0 Å². The molecule has 3 rings (SSSR count). The average Bonchev–Trinajstić information content (AvgIpc) is 2.81. The minimum Gasteiger partial charge on any atom is -0.312 e. The Morgan fingerprint density at radius 2 is 1.90 bits per heavy atom. The Morgan fingerprint density at radius 3 is 2.55 bits per heavy atom. The van der Waals surface area contributed by atoms with Crippen LogP contribution in [-0.2, 0) is 0 Å². The lowest BCUT2D eigenvalue weighted by atomic mass is 9.89. The van der Waals surface area contributed by atoms with Crippen molar-refractivity contribution in [1.82, 2.24) is 4.31 Å². The summed E-state index contributed by atoms with van der Waals surface area (Å²) in [5.74, 6) is 0.873. The Bertz CT molecular complexity index is 460. The molecule has 1 heterocycles. The number of hydrogen-bond donors (Lipinski definition) is 0. The van der Waals surface area contributed by atoms with E-state index in [-0.39, 0.29) is 0 Å². The second-order valence-corrected chi connectivity index (χ2v) is 6.59. The Kier molecular flexibility index (Phi) is 5.59. The van der Waals surface area contributed by atoms with Crippen molar-refractivity contribution in [3.8, 4) is 0 Å². The summed E-state index contributed by atoms with van der Waals surface area (Å²) in [4.78, 5) is 1.42. The molecule has 0 amide bonds. The molecule has 0 saturated heterocycles. The molecule has 1 aromatic carbocycles. The summed E-state index contributed by atoms with van der Waals surface area (Å²) in [7, 11) is 0. The molecule has 2 heteroatoms. The smallest absolute Gasteiger partial charge is 0.0485 e. The van der Waals surface area contributed by atoms with Gasteiger partial charge in [0, 0.05) is 22.7 Å². The van der Waals surface area contributed by atoms with Crippen molar-refractivity contribution in [2.75, 3.05) is 6.54 Å². The van der Waals surface area contributed by atoms with Crippen LogP contribution in [-0.4, -0.2) is 10.8 Å². The van der Waals surface area contributed by atoms with Gasteiger partial charge < -0.3 is 4.31 Å². The van der Waals surface area contributed by atoms with Crippen LogP contribution in [0.4, 0.5) is 0 Å². The largest absolute Gasteiger partial charge is 0.312 e. The van der Waals surface area contributed by atoms with E-state index in [0.29, 0.717) is 0 Å². The molecule has 1 aliphatic heterocycles. The third-order valence-electron chi connectivity index (χ3n) is 4.17. The standard InChI is InChI=1S/C16H21NS.C2H6/c1-12-7-6-10-15-13(2)17(18-16(12)15)11-14-8-4-3-5-9-14;1-2/h6-7,10,14H,2-5,8-9,11H2,1H3;1-2H3. The van der Waals surface area contributed by atoms with Gasteiger partial charge in [0.05, 0.1) is 0 Å². The van der Waals surface area contributed by atoms with Crippen LogP contribution in [0.25, 0.3) is 5.70 Å². The lowest BCUT2D eigenvalue weighted by Gasteiger charge is -2.27. The summed E-state index contributed by atoms with van der Waals surface area (Å²) in [5, 5.41) is 0. The van der Waals surface area contributed by atoms with Crippen molar-refractivity contribution in [3.63, 3.8) is 0 Å². The molecule has 0 N–H and O–H groups in total. The average molecular weight is 289 g/mol. The van der Waals surface area contributed by atoms with Gasteiger partial charge in [0.15, 0.2) is 0 Å². The van der Waals surface area contributed by atoms with Gasteiger partial charge in [0.2, 0.25) is 0 Å². The highest BCUT2D eigenvalue weighted by Gasteiger charge is 2.27. The molecular formula is C18H27NS. The van der Waals surface area contributed by atoms with Gasteiger partial charge in [-0.15, -0.1) is 0 Å². The Morgan fingerprint density at radius 1 is 1.20 bits per heavy atom. The highest BCUT2D eigenvalue weighted by Crippen LogP contribution is 2.45. The molecule has 2 aliphatic rings. The van der Waals surface area contributed by atoms with Crippen LogP contribution in [0.3, 0.4) is 0 Å². The van der Waals surface area contributed by atoms with Crippen LogP contribution >= 0.6 is 11.9 Å². The lowest BCUT2D eigenvalue weighted by molar-refractivity contribution is 0.326. The fourth-order valence-electron chi connectivity index (χ4n) is 3.05. The van der Waals surface area contributed by atoms with E-state index in [1.807, 2.05) is 25.8 Å². The normalized spacial score (nSPS) is 18.6. The first kappa shape index (κ1) is 15.5. The van der Waals surface area contributed by atoms with E-state index < -0.39 is 0 Å². The molecule has 1 nitrogen and oxygen atoms in total. The van der Waals surface area contributed by atoms with E-state index in [2.05, 4.69) is 36.0 Å². The van der Waals surface area contributed by atoms with Gasteiger partial charge >= 0.3 is 0 Å². The first-order valence-corrected chi connectivity index (χ1v) is 8.77. The molecule has 110 valence electrons. The van der Waals surface area contributed by atoms with Crippen LogP contribution in [0.2, 0.25) is 0 Å². The summed E-state index contributed by atoms with van der Waals surface area (Å²) < 4.78 is 2.42. The van der Waals surface area contributed by atoms with E-state index in [1.165, 1.54) is 60.4 Å². The third-order valence-corrected chi connectivity index (χ3v) is 5.49. The van der Waals surface area contributed by atoms with Gasteiger partial charge in [0.25, 0.3) is 0 Å². The van der Waals surface area contributed by atoms with Gasteiger partial charge in [0.1, 0.15) is 0 Å². The van der Waals surface area contributed by atoms with Crippen LogP contribution in [0.5, 0.6) is 0 Å². The first-order chi connectivity index (χ1) is 9.75. The highest BCUT2D eigenvalue weighted by atomic mass is 32.2. The number of fused-ring (bicyclic) bond motifs is 1. The maximum atomic E-state index is 4.29. The van der Waals surface area contributed by atoms with E-state index in [0.717, 1.165) is 5.92 Å². The molecule has 0 spiro atoms. The minimum absolute atomic E-state index is 0.873. The Hall–Kier alpha value is -0.890. The monoisotopic (exact) mass is 289 g/mol. The van der Waals surface area contributed by atoms with Crippen molar-refractivity contribution < 1.29 is 0 Å². The fraction of sp³-hybridized carbons (Fsp3) is 0.556. The predicted molar refractivity (Wildman–Crippen MR) is 90.7 cm³/mol. The van der Waals surface area contributed by atoms with E-state index in [9.17, 15) is 0 Å². The zero-order chi connectivity index (χ0) is 14.5. The molecule has 0 bridgehead atoms. The fourth-order valence-corrected chi connectivity index (χ4v) is 4.26. The molecule has 0 atom stereocenters. The molecule has 1 aromatic rings. The van der Waals surface area contributed by atoms with Gasteiger partial charge in [-0.3, -0.25) is 0 Å². The molecule has 0 radical (unpaired) electrons. The SMILES string of the molecule is C=C1c2cccc(C)c2SN1CC1CCCCC1.CC. The minimum atomic E-state index is 0.873. The Labute approximate surface area is 128 Å². The summed E-state index contributed by atoms with van der Waals surface area (Å²) in [5.41, 5.74) is 3.94. The van der Waals surface area contributed by atoms with Gasteiger partial charge in [-0.25, -0.2) is 0 Å². The van der Waals surface area contributed by atoms with E-state index >= 15 is 0 Å². The lowest BCUT2D eigenvalue weighted by Crippen LogP contribution is -2.21. The quantitative estimate of drug-likeness (QED) is 0.624. The summed E-state index contributed by atoms with van der Waals surface area (Å²) in [6, 6.07) is 6.55. The molecule has 20 heavy (non-hydrogen) atoms. The van der Waals surface area contributed by atoms with Gasteiger partial charge in [-0.05, 0) is 43.2 Å². The zero-order valence-corrected chi connectivity index (χ0v) is 13.9. The van der Waals surface area contributed by atoms with Crippen LogP contribution in [0.1, 0.15) is 57.1 Å². The van der Waals surface area contributed by atoms with Crippen molar-refractivity contribution >= 4 is 17.6 Å². The van der Waals surface area contributed by atoms with Crippen LogP contribution < -0.4 is 0 Å². The van der Waals surface area contributed by atoms with Crippen molar-refractivity contribution in [2.24, 2.45) is 5.92 Å². The topological polar surface area (TPSA) is 3.24 Å². The number of benzene rings is 1. The molecule has 1 aliphatic carbocycles. The molecule has 1 saturated carbocycles. The first-order valence-electron chi connectivity index (χ1n) is 8.00. The van der Waals surface area contributed by atoms with Crippen LogP contribution in [0.15, 0.2) is 29.7 Å². The van der Waals surface area contributed by atoms with Gasteiger partial charge in [-0.2, -0.15) is 0 Å². The molecule has 0 unspecified atom stereocenters. The summed E-state index contributed by atoms with van der Waals surface area (Å²) in [6.07, 6.45) is 7.08. The maximum Gasteiger partial charge on any atom is 0.0485 e. The van der Waals surface area contributed by atoms with Gasteiger partial charge in [-0.1, -0.05) is 57.9 Å². The van der Waals surface area contributed by atoms with Crippen molar-refractivity contribution in [3.05, 3.63) is 35.9 Å².